The second-order valence-corrected chi connectivity index (χ2v) is 8.27. The number of benzene rings is 2. The number of sulfonamides is 2. The summed E-state index contributed by atoms with van der Waals surface area (Å²) >= 11 is 0. The fourth-order valence-corrected chi connectivity index (χ4v) is 4.11. The third kappa shape index (κ3) is 6.57. The number of nitrogens with one attached hydrogen (secondary N) is 1. The van der Waals surface area contributed by atoms with E-state index in [9.17, 15) is 25.6 Å². The normalized spacial score (nSPS) is 12.9. The van der Waals surface area contributed by atoms with Crippen molar-refractivity contribution in [3.05, 3.63) is 82.1 Å². The third-order valence-corrected chi connectivity index (χ3v) is 5.70. The molecule has 132 valence electrons. The summed E-state index contributed by atoms with van der Waals surface area (Å²) in [6.07, 6.45) is 2.25. The number of hydrogen-bond acceptors (Lipinski definition) is 4. The average molecular weight is 385 g/mol. The van der Waals surface area contributed by atoms with Crippen LogP contribution in [0.2, 0.25) is 0 Å². The van der Waals surface area contributed by atoms with Crippen LogP contribution in [0, 0.1) is 11.6 Å². The van der Waals surface area contributed by atoms with E-state index < -0.39 is 31.7 Å². The van der Waals surface area contributed by atoms with Gasteiger partial charge in [-0.05, 0) is 47.5 Å². The van der Waals surface area contributed by atoms with Crippen LogP contribution in [0.1, 0.15) is 11.1 Å². The lowest BCUT2D eigenvalue weighted by atomic mass is 10.2. The van der Waals surface area contributed by atoms with Gasteiger partial charge in [0.15, 0.2) is 0 Å². The van der Waals surface area contributed by atoms with Crippen molar-refractivity contribution in [2.75, 3.05) is 0 Å². The molecule has 0 heterocycles. The highest BCUT2D eigenvalue weighted by atomic mass is 32.3. The summed E-state index contributed by atoms with van der Waals surface area (Å²) in [6, 6.07) is 9.91. The molecule has 0 fully saturated rings. The van der Waals surface area contributed by atoms with Crippen molar-refractivity contribution in [1.82, 2.24) is 4.13 Å². The van der Waals surface area contributed by atoms with Crippen LogP contribution in [0.4, 0.5) is 8.78 Å². The van der Waals surface area contributed by atoms with E-state index in [0.717, 1.165) is 36.4 Å². The number of rotatable bonds is 6. The van der Waals surface area contributed by atoms with Crippen molar-refractivity contribution in [2.45, 2.75) is 0 Å². The molecule has 0 unspecified atom stereocenters. The topological polar surface area (TPSA) is 80.3 Å². The smallest absolute Gasteiger partial charge is 0.207 e. The fraction of sp³-hybridized carbons (Fsp3) is 0. The van der Waals surface area contributed by atoms with Crippen molar-refractivity contribution in [3.8, 4) is 0 Å². The molecule has 0 saturated carbocycles. The van der Waals surface area contributed by atoms with Crippen molar-refractivity contribution in [1.29, 1.82) is 0 Å². The molecular formula is C16H13F2NO4S2. The Morgan fingerprint density at radius 3 is 1.28 bits per heavy atom. The van der Waals surface area contributed by atoms with Gasteiger partial charge in [0, 0.05) is 10.8 Å². The zero-order chi connectivity index (χ0) is 18.5. The molecule has 1 N–H and O–H groups in total. The monoisotopic (exact) mass is 385 g/mol. The van der Waals surface area contributed by atoms with Crippen LogP contribution in [0.5, 0.6) is 0 Å². The van der Waals surface area contributed by atoms with Crippen LogP contribution in [-0.4, -0.2) is 16.8 Å². The highest BCUT2D eigenvalue weighted by molar-refractivity contribution is 8.07. The molecule has 0 aliphatic heterocycles. The average Bonchev–Trinajstić information content (AvgIpc) is 2.53. The Bertz CT molecular complexity index is 912. The van der Waals surface area contributed by atoms with Crippen molar-refractivity contribution in [2.24, 2.45) is 0 Å². The predicted molar refractivity (Wildman–Crippen MR) is 91.8 cm³/mol. The largest absolute Gasteiger partial charge is 0.246 e. The van der Waals surface area contributed by atoms with Crippen LogP contribution in [0.25, 0.3) is 12.2 Å². The van der Waals surface area contributed by atoms with Gasteiger partial charge in [-0.15, -0.1) is 4.13 Å². The van der Waals surface area contributed by atoms with Crippen molar-refractivity contribution < 1.29 is 25.6 Å². The Morgan fingerprint density at radius 2 is 0.960 bits per heavy atom. The Kier molecular flexibility index (Phi) is 5.83. The van der Waals surface area contributed by atoms with E-state index in [1.165, 1.54) is 28.4 Å². The zero-order valence-electron chi connectivity index (χ0n) is 12.6. The number of hydrogen-bond donors (Lipinski definition) is 1. The Balaban J connectivity index is 2.09. The van der Waals surface area contributed by atoms with Gasteiger partial charge in [-0.1, -0.05) is 24.3 Å². The van der Waals surface area contributed by atoms with Crippen molar-refractivity contribution >= 4 is 32.2 Å². The van der Waals surface area contributed by atoms with E-state index in [-0.39, 0.29) is 0 Å². The molecule has 0 spiro atoms. The van der Waals surface area contributed by atoms with E-state index in [2.05, 4.69) is 0 Å². The summed E-state index contributed by atoms with van der Waals surface area (Å²) in [6.45, 7) is 0. The third-order valence-electron chi connectivity index (χ3n) is 2.85. The van der Waals surface area contributed by atoms with Gasteiger partial charge in [0.25, 0.3) is 0 Å². The molecule has 0 aromatic heterocycles. The molecule has 0 amide bonds. The van der Waals surface area contributed by atoms with Gasteiger partial charge >= 0.3 is 0 Å². The van der Waals surface area contributed by atoms with Crippen LogP contribution in [0.15, 0.2) is 59.3 Å². The van der Waals surface area contributed by atoms with Gasteiger partial charge in [-0.2, -0.15) is 0 Å². The molecule has 2 aromatic carbocycles. The molecular weight excluding hydrogens is 372 g/mol. The zero-order valence-corrected chi connectivity index (χ0v) is 14.3. The van der Waals surface area contributed by atoms with Gasteiger partial charge in [0.2, 0.25) is 20.0 Å². The Hall–Kier alpha value is -2.36. The van der Waals surface area contributed by atoms with Gasteiger partial charge in [0.05, 0.1) is 0 Å². The van der Waals surface area contributed by atoms with E-state index >= 15 is 0 Å². The summed E-state index contributed by atoms with van der Waals surface area (Å²) in [7, 11) is -8.56. The highest BCUT2D eigenvalue weighted by Gasteiger charge is 2.15. The first-order valence-corrected chi connectivity index (χ1v) is 9.90. The lowest BCUT2D eigenvalue weighted by Crippen LogP contribution is -2.26. The summed E-state index contributed by atoms with van der Waals surface area (Å²) < 4.78 is 74.3. The van der Waals surface area contributed by atoms with Gasteiger partial charge in [-0.3, -0.25) is 0 Å². The molecule has 5 nitrogen and oxygen atoms in total. The SMILES string of the molecule is O=S(=O)(/C=C/c1ccc(F)cc1)NS(=O)(=O)/C=C/c1ccc(F)cc1. The minimum absolute atomic E-state index is 0.381. The molecule has 9 heteroatoms. The maximum atomic E-state index is 12.8. The molecule has 0 radical (unpaired) electrons. The standard InChI is InChI=1S/C16H13F2NO4S2/c17-15-5-1-13(2-6-15)9-11-24(20,21)19-25(22,23)12-10-14-3-7-16(18)8-4-14/h1-12,19H/b11-9+,12-10+. The highest BCUT2D eigenvalue weighted by Crippen LogP contribution is 2.08. The van der Waals surface area contributed by atoms with Crippen LogP contribution >= 0.6 is 0 Å². The summed E-state index contributed by atoms with van der Waals surface area (Å²) in [4.78, 5) is 0. The quantitative estimate of drug-likeness (QED) is 0.829. The molecule has 0 saturated heterocycles. The van der Waals surface area contributed by atoms with Gasteiger partial charge < -0.3 is 0 Å². The minimum Gasteiger partial charge on any atom is -0.207 e. The van der Waals surface area contributed by atoms with E-state index in [0.29, 0.717) is 21.9 Å². The lowest BCUT2D eigenvalue weighted by Gasteiger charge is -2.01. The number of halogens is 2. The maximum absolute atomic E-state index is 12.8. The first-order valence-electron chi connectivity index (χ1n) is 6.81. The van der Waals surface area contributed by atoms with E-state index in [4.69, 9.17) is 0 Å². The molecule has 0 aliphatic carbocycles. The lowest BCUT2D eigenvalue weighted by molar-refractivity contribution is 0.587. The Morgan fingerprint density at radius 1 is 0.640 bits per heavy atom. The predicted octanol–water partition coefficient (Wildman–Crippen LogP) is 2.86. The van der Waals surface area contributed by atoms with Crippen LogP contribution in [-0.2, 0) is 20.0 Å². The summed E-state index contributed by atoms with van der Waals surface area (Å²) in [5.41, 5.74) is 0.761. The summed E-state index contributed by atoms with van der Waals surface area (Å²) in [5.74, 6) is -0.960. The molecule has 0 atom stereocenters. The van der Waals surface area contributed by atoms with E-state index in [1.807, 2.05) is 0 Å². The Labute approximate surface area is 144 Å². The first-order chi connectivity index (χ1) is 11.7. The van der Waals surface area contributed by atoms with Crippen molar-refractivity contribution in [3.63, 3.8) is 0 Å². The van der Waals surface area contributed by atoms with Gasteiger partial charge in [0.1, 0.15) is 11.6 Å². The molecule has 25 heavy (non-hydrogen) atoms. The van der Waals surface area contributed by atoms with Crippen LogP contribution < -0.4 is 4.13 Å². The summed E-state index contributed by atoms with van der Waals surface area (Å²) in [5, 5.41) is 1.31. The molecule has 0 bridgehead atoms. The van der Waals surface area contributed by atoms with Crippen LogP contribution in [0.3, 0.4) is 0 Å². The van der Waals surface area contributed by atoms with Gasteiger partial charge in [-0.25, -0.2) is 25.6 Å². The molecule has 0 aliphatic rings. The maximum Gasteiger partial charge on any atom is 0.246 e. The minimum atomic E-state index is -4.28. The second kappa shape index (κ2) is 7.68. The van der Waals surface area contributed by atoms with E-state index in [1.54, 1.807) is 0 Å². The second-order valence-electron chi connectivity index (χ2n) is 4.88. The molecule has 2 rings (SSSR count). The fourth-order valence-electron chi connectivity index (χ4n) is 1.70. The molecule has 2 aromatic rings. The first kappa shape index (κ1) is 19.0.